The lowest BCUT2D eigenvalue weighted by Gasteiger charge is -2.33. The van der Waals surface area contributed by atoms with Crippen LogP contribution in [0.1, 0.15) is 17.7 Å². The van der Waals surface area contributed by atoms with E-state index < -0.39 is 0 Å². The Morgan fingerprint density at radius 1 is 1.07 bits per heavy atom. The summed E-state index contributed by atoms with van der Waals surface area (Å²) < 4.78 is 12.0. The molecule has 28 heavy (non-hydrogen) atoms. The zero-order valence-electron chi connectivity index (χ0n) is 15.8. The number of hydrogen-bond donors (Lipinski definition) is 0. The Morgan fingerprint density at radius 2 is 1.82 bits per heavy atom. The summed E-state index contributed by atoms with van der Waals surface area (Å²) in [6, 6.07) is 11.9. The van der Waals surface area contributed by atoms with Crippen LogP contribution in [-0.4, -0.2) is 52.7 Å². The van der Waals surface area contributed by atoms with Gasteiger partial charge in [0.25, 0.3) is 0 Å². The highest BCUT2D eigenvalue weighted by atomic mass is 35.5. The van der Waals surface area contributed by atoms with Gasteiger partial charge in [0.05, 0.1) is 23.1 Å². The second kappa shape index (κ2) is 9.05. The second-order valence-electron chi connectivity index (χ2n) is 6.70. The van der Waals surface area contributed by atoms with Crippen molar-refractivity contribution in [2.75, 3.05) is 32.8 Å². The number of benzene rings is 1. The van der Waals surface area contributed by atoms with E-state index in [4.69, 9.17) is 20.9 Å². The predicted molar refractivity (Wildman–Crippen MR) is 111 cm³/mol. The van der Waals surface area contributed by atoms with Gasteiger partial charge in [0.1, 0.15) is 5.75 Å². The highest BCUT2D eigenvalue weighted by molar-refractivity contribution is 7.16. The summed E-state index contributed by atoms with van der Waals surface area (Å²) in [6.07, 6.45) is 0. The smallest absolute Gasteiger partial charge is 0.241 e. The molecule has 3 aromatic rings. The number of nitrogens with zero attached hydrogens (tertiary/aromatic N) is 4. The molecule has 3 heterocycles. The van der Waals surface area contributed by atoms with Crippen LogP contribution in [0.3, 0.4) is 0 Å². The molecule has 1 aromatic carbocycles. The molecule has 1 fully saturated rings. The van der Waals surface area contributed by atoms with Gasteiger partial charge in [0, 0.05) is 37.6 Å². The topological polar surface area (TPSA) is 54.6 Å². The summed E-state index contributed by atoms with van der Waals surface area (Å²) in [5.41, 5.74) is 0.860. The Morgan fingerprint density at radius 3 is 2.54 bits per heavy atom. The first-order valence-corrected chi connectivity index (χ1v) is 10.6. The van der Waals surface area contributed by atoms with Crippen LogP contribution in [0.25, 0.3) is 11.4 Å². The summed E-state index contributed by atoms with van der Waals surface area (Å²) in [5.74, 6) is 1.99. The van der Waals surface area contributed by atoms with Crippen LogP contribution >= 0.6 is 22.9 Å². The van der Waals surface area contributed by atoms with Crippen LogP contribution in [0.2, 0.25) is 4.34 Å². The van der Waals surface area contributed by atoms with Crippen molar-refractivity contribution in [2.45, 2.75) is 20.0 Å². The highest BCUT2D eigenvalue weighted by Gasteiger charge is 2.20. The summed E-state index contributed by atoms with van der Waals surface area (Å²) in [6.45, 7) is 8.19. The summed E-state index contributed by atoms with van der Waals surface area (Å²) in [7, 11) is 0. The molecule has 8 heteroatoms. The molecule has 1 saturated heterocycles. The minimum absolute atomic E-state index is 0.576. The molecule has 2 aromatic heterocycles. The standard InChI is InChI=1S/C20H23ClN4O2S/c1-2-26-17-6-4-3-5-16(17)20-22-19(27-23-20)14-25-11-9-24(10-12-25)13-15-7-8-18(21)28-15/h3-8H,2,9-14H2,1H3. The third kappa shape index (κ3) is 4.72. The molecule has 4 rings (SSSR count). The van der Waals surface area contributed by atoms with Gasteiger partial charge in [-0.25, -0.2) is 0 Å². The Labute approximate surface area is 173 Å². The van der Waals surface area contributed by atoms with E-state index in [-0.39, 0.29) is 0 Å². The van der Waals surface area contributed by atoms with E-state index in [2.05, 4.69) is 26.0 Å². The number of halogens is 1. The number of hydrogen-bond acceptors (Lipinski definition) is 7. The molecular formula is C20H23ClN4O2S. The van der Waals surface area contributed by atoms with Crippen LogP contribution in [0.5, 0.6) is 5.75 Å². The van der Waals surface area contributed by atoms with E-state index in [0.717, 1.165) is 48.4 Å². The van der Waals surface area contributed by atoms with E-state index in [1.165, 1.54) is 4.88 Å². The molecule has 148 valence electrons. The maximum absolute atomic E-state index is 6.03. The van der Waals surface area contributed by atoms with Crippen molar-refractivity contribution in [3.8, 4) is 17.1 Å². The van der Waals surface area contributed by atoms with Crippen molar-refractivity contribution < 1.29 is 9.26 Å². The Bertz CT molecular complexity index is 905. The summed E-state index contributed by atoms with van der Waals surface area (Å²) in [5, 5.41) is 4.15. The molecule has 0 bridgehead atoms. The number of aromatic nitrogens is 2. The fraction of sp³-hybridized carbons (Fsp3) is 0.400. The number of rotatable bonds is 7. The predicted octanol–water partition coefficient (Wildman–Crippen LogP) is 4.17. The van der Waals surface area contributed by atoms with Gasteiger partial charge in [-0.15, -0.1) is 11.3 Å². The molecule has 0 amide bonds. The molecule has 0 atom stereocenters. The molecule has 0 radical (unpaired) electrons. The first kappa shape index (κ1) is 19.4. The van der Waals surface area contributed by atoms with Crippen LogP contribution < -0.4 is 4.74 Å². The van der Waals surface area contributed by atoms with Crippen molar-refractivity contribution >= 4 is 22.9 Å². The molecule has 0 aliphatic carbocycles. The van der Waals surface area contributed by atoms with Crippen LogP contribution in [0, 0.1) is 0 Å². The molecule has 1 aliphatic rings. The molecule has 0 saturated carbocycles. The molecule has 6 nitrogen and oxygen atoms in total. The van der Waals surface area contributed by atoms with Gasteiger partial charge in [-0.2, -0.15) is 4.98 Å². The average Bonchev–Trinajstić information content (AvgIpc) is 3.33. The van der Waals surface area contributed by atoms with E-state index in [0.29, 0.717) is 24.9 Å². The maximum Gasteiger partial charge on any atom is 0.241 e. The minimum atomic E-state index is 0.576. The van der Waals surface area contributed by atoms with Gasteiger partial charge < -0.3 is 9.26 Å². The van der Waals surface area contributed by atoms with Crippen molar-refractivity contribution in [1.29, 1.82) is 0 Å². The normalized spacial score (nSPS) is 15.8. The lowest BCUT2D eigenvalue weighted by Crippen LogP contribution is -2.45. The Kier molecular flexibility index (Phi) is 6.26. The molecule has 0 unspecified atom stereocenters. The number of ether oxygens (including phenoxy) is 1. The average molecular weight is 419 g/mol. The van der Waals surface area contributed by atoms with E-state index in [1.807, 2.05) is 37.3 Å². The lowest BCUT2D eigenvalue weighted by atomic mass is 10.2. The van der Waals surface area contributed by atoms with Crippen molar-refractivity contribution in [3.63, 3.8) is 0 Å². The fourth-order valence-corrected chi connectivity index (χ4v) is 4.45. The molecular weight excluding hydrogens is 396 g/mol. The second-order valence-corrected chi connectivity index (χ2v) is 8.50. The van der Waals surface area contributed by atoms with Crippen LogP contribution in [0.4, 0.5) is 0 Å². The van der Waals surface area contributed by atoms with Crippen molar-refractivity contribution in [3.05, 3.63) is 51.5 Å². The van der Waals surface area contributed by atoms with Gasteiger partial charge in [-0.05, 0) is 31.2 Å². The molecule has 1 aliphatic heterocycles. The monoisotopic (exact) mass is 418 g/mol. The van der Waals surface area contributed by atoms with Gasteiger partial charge in [-0.1, -0.05) is 28.9 Å². The quantitative estimate of drug-likeness (QED) is 0.574. The summed E-state index contributed by atoms with van der Waals surface area (Å²) >= 11 is 7.68. The third-order valence-corrected chi connectivity index (χ3v) is 5.94. The fourth-order valence-electron chi connectivity index (χ4n) is 3.32. The first-order chi connectivity index (χ1) is 13.7. The zero-order valence-corrected chi connectivity index (χ0v) is 17.4. The minimum Gasteiger partial charge on any atom is -0.493 e. The van der Waals surface area contributed by atoms with Gasteiger partial charge >= 0.3 is 0 Å². The highest BCUT2D eigenvalue weighted by Crippen LogP contribution is 2.28. The van der Waals surface area contributed by atoms with E-state index in [1.54, 1.807) is 11.3 Å². The zero-order chi connectivity index (χ0) is 19.3. The van der Waals surface area contributed by atoms with E-state index >= 15 is 0 Å². The number of para-hydroxylation sites is 1. The Balaban J connectivity index is 1.33. The van der Waals surface area contributed by atoms with Crippen LogP contribution in [-0.2, 0) is 13.1 Å². The Hall–Kier alpha value is -1.93. The largest absolute Gasteiger partial charge is 0.493 e. The third-order valence-electron chi connectivity index (χ3n) is 4.73. The summed E-state index contributed by atoms with van der Waals surface area (Å²) in [4.78, 5) is 10.7. The molecule has 0 spiro atoms. The molecule has 0 N–H and O–H groups in total. The lowest BCUT2D eigenvalue weighted by molar-refractivity contribution is 0.113. The van der Waals surface area contributed by atoms with Gasteiger partial charge in [-0.3, -0.25) is 9.80 Å². The van der Waals surface area contributed by atoms with Crippen molar-refractivity contribution in [2.24, 2.45) is 0 Å². The van der Waals surface area contributed by atoms with Crippen molar-refractivity contribution in [1.82, 2.24) is 19.9 Å². The maximum atomic E-state index is 6.03. The SMILES string of the molecule is CCOc1ccccc1-c1noc(CN2CCN(Cc3ccc(Cl)s3)CC2)n1. The van der Waals surface area contributed by atoms with Gasteiger partial charge in [0.2, 0.25) is 11.7 Å². The van der Waals surface area contributed by atoms with E-state index in [9.17, 15) is 0 Å². The first-order valence-electron chi connectivity index (χ1n) is 9.45. The van der Waals surface area contributed by atoms with Gasteiger partial charge in [0.15, 0.2) is 0 Å². The number of thiophene rings is 1. The van der Waals surface area contributed by atoms with Crippen LogP contribution in [0.15, 0.2) is 40.9 Å². The number of piperazine rings is 1.